The van der Waals surface area contributed by atoms with Crippen LogP contribution in [-0.2, 0) is 16.4 Å². The van der Waals surface area contributed by atoms with Gasteiger partial charge in [-0.2, -0.15) is 9.29 Å². The molecular weight excluding hydrogens is 334 g/mol. The van der Waals surface area contributed by atoms with Crippen molar-refractivity contribution in [1.29, 1.82) is 0 Å². The van der Waals surface area contributed by atoms with Crippen molar-refractivity contribution in [2.24, 2.45) is 5.92 Å². The minimum Gasteiger partial charge on any atom is -0.339 e. The van der Waals surface area contributed by atoms with Gasteiger partial charge >= 0.3 is 0 Å². The van der Waals surface area contributed by atoms with Gasteiger partial charge in [0.05, 0.1) is 0 Å². The van der Waals surface area contributed by atoms with Crippen LogP contribution in [0.1, 0.15) is 43.3 Å². The molecule has 1 saturated heterocycles. The van der Waals surface area contributed by atoms with E-state index in [4.69, 9.17) is 4.52 Å². The Morgan fingerprint density at radius 3 is 2.96 bits per heavy atom. The molecule has 1 atom stereocenters. The molecule has 0 N–H and O–H groups in total. The summed E-state index contributed by atoms with van der Waals surface area (Å²) in [5.41, 5.74) is 0. The first kappa shape index (κ1) is 15.3. The molecule has 8 heteroatoms. The quantitative estimate of drug-likeness (QED) is 0.798. The van der Waals surface area contributed by atoms with E-state index in [9.17, 15) is 8.42 Å². The molecule has 2 fully saturated rings. The molecule has 23 heavy (non-hydrogen) atoms. The van der Waals surface area contributed by atoms with Crippen LogP contribution in [0.2, 0.25) is 0 Å². The summed E-state index contributed by atoms with van der Waals surface area (Å²) in [6.07, 6.45) is 4.87. The maximum Gasteiger partial charge on any atom is 0.252 e. The van der Waals surface area contributed by atoms with Crippen LogP contribution in [0.15, 0.2) is 26.2 Å². The number of sulfonamides is 1. The predicted octanol–water partition coefficient (Wildman–Crippen LogP) is 2.65. The molecule has 0 aromatic carbocycles. The van der Waals surface area contributed by atoms with Crippen LogP contribution in [0.25, 0.3) is 0 Å². The first-order valence-electron chi connectivity index (χ1n) is 7.99. The summed E-state index contributed by atoms with van der Waals surface area (Å²) in [7, 11) is -3.31. The summed E-state index contributed by atoms with van der Waals surface area (Å²) in [4.78, 5) is 4.43. The van der Waals surface area contributed by atoms with Gasteiger partial charge < -0.3 is 4.52 Å². The van der Waals surface area contributed by atoms with Crippen molar-refractivity contribution in [3.63, 3.8) is 0 Å². The van der Waals surface area contributed by atoms with Crippen LogP contribution < -0.4 is 0 Å². The fourth-order valence-corrected chi connectivity index (χ4v) is 5.66. The second-order valence-electron chi connectivity index (χ2n) is 6.31. The zero-order valence-corrected chi connectivity index (χ0v) is 14.4. The lowest BCUT2D eigenvalue weighted by molar-refractivity contribution is 0.371. The van der Waals surface area contributed by atoms with Gasteiger partial charge in [-0.15, -0.1) is 11.3 Å². The molecule has 6 nitrogen and oxygen atoms in total. The summed E-state index contributed by atoms with van der Waals surface area (Å²) in [6.45, 7) is 1.19. The van der Waals surface area contributed by atoms with E-state index in [1.54, 1.807) is 21.8 Å². The number of hydrogen-bond acceptors (Lipinski definition) is 6. The van der Waals surface area contributed by atoms with E-state index in [0.717, 1.165) is 43.8 Å². The summed E-state index contributed by atoms with van der Waals surface area (Å²) in [6, 6.07) is 3.45. The molecule has 3 heterocycles. The molecule has 1 saturated carbocycles. The molecule has 0 radical (unpaired) electrons. The lowest BCUT2D eigenvalue weighted by Crippen LogP contribution is -2.28. The number of thiophene rings is 1. The highest BCUT2D eigenvalue weighted by Crippen LogP contribution is 2.39. The van der Waals surface area contributed by atoms with Gasteiger partial charge in [-0.05, 0) is 43.0 Å². The van der Waals surface area contributed by atoms with E-state index in [2.05, 4.69) is 10.1 Å². The summed E-state index contributed by atoms with van der Waals surface area (Å²) < 4.78 is 32.3. The Balaban J connectivity index is 1.33. The molecule has 124 valence electrons. The van der Waals surface area contributed by atoms with Crippen molar-refractivity contribution in [3.8, 4) is 0 Å². The first-order chi connectivity index (χ1) is 11.1. The average Bonchev–Trinajstić information content (AvgIpc) is 3.04. The molecule has 2 aliphatic rings. The van der Waals surface area contributed by atoms with Gasteiger partial charge in [-0.25, -0.2) is 8.42 Å². The van der Waals surface area contributed by atoms with Crippen LogP contribution in [0, 0.1) is 5.92 Å². The molecule has 1 unspecified atom stereocenters. The molecule has 4 rings (SSSR count). The van der Waals surface area contributed by atoms with Crippen LogP contribution in [-0.4, -0.2) is 36.0 Å². The van der Waals surface area contributed by atoms with E-state index in [0.29, 0.717) is 29.1 Å². The molecule has 1 aliphatic heterocycles. The Labute approximate surface area is 139 Å². The monoisotopic (exact) mass is 353 g/mol. The maximum absolute atomic E-state index is 12.5. The van der Waals surface area contributed by atoms with E-state index in [1.165, 1.54) is 11.3 Å². The second-order valence-corrected chi connectivity index (χ2v) is 9.42. The van der Waals surface area contributed by atoms with Crippen molar-refractivity contribution < 1.29 is 12.9 Å². The van der Waals surface area contributed by atoms with Gasteiger partial charge in [0.2, 0.25) is 5.89 Å². The van der Waals surface area contributed by atoms with Gasteiger partial charge in [0.25, 0.3) is 10.0 Å². The average molecular weight is 353 g/mol. The molecule has 1 aliphatic carbocycles. The largest absolute Gasteiger partial charge is 0.339 e. The van der Waals surface area contributed by atoms with Gasteiger partial charge in [0, 0.05) is 25.4 Å². The zero-order valence-electron chi connectivity index (χ0n) is 12.7. The van der Waals surface area contributed by atoms with Crippen LogP contribution in [0.4, 0.5) is 0 Å². The highest BCUT2D eigenvalue weighted by atomic mass is 32.2. The molecule has 0 amide bonds. The standard InChI is InChI=1S/C15H19N3O3S2/c19-23(20,14-2-1-9-22-14)18-8-7-11(10-18)3-6-13-16-15(21-17-13)12-4-5-12/h1-2,9,11-12H,3-8,10H2. The Kier molecular flexibility index (Phi) is 3.98. The van der Waals surface area contributed by atoms with E-state index < -0.39 is 10.0 Å². The smallest absolute Gasteiger partial charge is 0.252 e. The van der Waals surface area contributed by atoms with Crippen molar-refractivity contribution in [3.05, 3.63) is 29.2 Å². The lowest BCUT2D eigenvalue weighted by Gasteiger charge is -2.15. The van der Waals surface area contributed by atoms with E-state index >= 15 is 0 Å². The van der Waals surface area contributed by atoms with Crippen LogP contribution in [0.5, 0.6) is 0 Å². The summed E-state index contributed by atoms with van der Waals surface area (Å²) in [5.74, 6) is 2.38. The maximum atomic E-state index is 12.5. The number of nitrogens with zero attached hydrogens (tertiary/aromatic N) is 3. The van der Waals surface area contributed by atoms with Gasteiger partial charge in [0.15, 0.2) is 5.82 Å². The highest BCUT2D eigenvalue weighted by molar-refractivity contribution is 7.91. The number of rotatable bonds is 6. The first-order valence-corrected chi connectivity index (χ1v) is 10.3. The molecule has 2 aromatic heterocycles. The fourth-order valence-electron chi connectivity index (χ4n) is 2.99. The highest BCUT2D eigenvalue weighted by Gasteiger charge is 2.33. The molecule has 2 aromatic rings. The number of aromatic nitrogens is 2. The number of hydrogen-bond donors (Lipinski definition) is 0. The van der Waals surface area contributed by atoms with Gasteiger partial charge in [-0.3, -0.25) is 0 Å². The third-order valence-corrected chi connectivity index (χ3v) is 7.76. The normalized spacial score (nSPS) is 22.7. The van der Waals surface area contributed by atoms with Crippen molar-refractivity contribution in [1.82, 2.24) is 14.4 Å². The third kappa shape index (κ3) is 3.20. The van der Waals surface area contributed by atoms with Crippen LogP contribution in [0.3, 0.4) is 0 Å². The lowest BCUT2D eigenvalue weighted by atomic mass is 10.0. The zero-order chi connectivity index (χ0) is 15.9. The van der Waals surface area contributed by atoms with Gasteiger partial charge in [0.1, 0.15) is 4.21 Å². The molecule has 0 spiro atoms. The minimum atomic E-state index is -3.31. The minimum absolute atomic E-state index is 0.368. The topological polar surface area (TPSA) is 76.3 Å². The Bertz CT molecular complexity index is 766. The number of aryl methyl sites for hydroxylation is 1. The van der Waals surface area contributed by atoms with Crippen molar-refractivity contribution >= 4 is 21.4 Å². The predicted molar refractivity (Wildman–Crippen MR) is 85.8 cm³/mol. The van der Waals surface area contributed by atoms with Gasteiger partial charge in [-0.1, -0.05) is 11.2 Å². The summed E-state index contributed by atoms with van der Waals surface area (Å²) >= 11 is 1.28. The summed E-state index contributed by atoms with van der Waals surface area (Å²) in [5, 5.41) is 5.83. The Morgan fingerprint density at radius 2 is 2.22 bits per heavy atom. The van der Waals surface area contributed by atoms with E-state index in [-0.39, 0.29) is 0 Å². The molecular formula is C15H19N3O3S2. The van der Waals surface area contributed by atoms with Crippen LogP contribution >= 0.6 is 11.3 Å². The fraction of sp³-hybridized carbons (Fsp3) is 0.600. The van der Waals surface area contributed by atoms with Crippen molar-refractivity contribution in [2.45, 2.75) is 42.2 Å². The second kappa shape index (κ2) is 5.99. The van der Waals surface area contributed by atoms with Crippen molar-refractivity contribution in [2.75, 3.05) is 13.1 Å². The third-order valence-electron chi connectivity index (χ3n) is 4.52. The SMILES string of the molecule is O=S(=O)(c1cccs1)N1CCC(CCc2noc(C3CC3)n2)C1. The Morgan fingerprint density at radius 1 is 1.35 bits per heavy atom. The molecule has 0 bridgehead atoms. The van der Waals surface area contributed by atoms with E-state index in [1.807, 2.05) is 0 Å². The Hall–Kier alpha value is -1.25.